The number of benzene rings is 1. The molecule has 19 heavy (non-hydrogen) atoms. The van der Waals surface area contributed by atoms with E-state index in [0.717, 1.165) is 5.56 Å². The van der Waals surface area contributed by atoms with Crippen LogP contribution in [0.15, 0.2) is 24.3 Å². The largest absolute Gasteiger partial charge is 0.497 e. The molecule has 0 fully saturated rings. The number of nitrogens with one attached hydrogen (secondary N) is 1. The van der Waals surface area contributed by atoms with Crippen molar-refractivity contribution in [3.8, 4) is 5.75 Å². The molecule has 0 spiro atoms. The number of halogens is 1. The third-order valence-electron chi connectivity index (χ3n) is 2.43. The summed E-state index contributed by atoms with van der Waals surface area (Å²) in [4.78, 5) is 22.3. The van der Waals surface area contributed by atoms with E-state index in [-0.39, 0.29) is 18.9 Å². The summed E-state index contributed by atoms with van der Waals surface area (Å²) in [7, 11) is 2.87. The zero-order chi connectivity index (χ0) is 14.3. The number of methoxy groups -OCH3 is 2. The van der Waals surface area contributed by atoms with Gasteiger partial charge in [0.1, 0.15) is 10.6 Å². The van der Waals surface area contributed by atoms with Crippen LogP contribution in [0.2, 0.25) is 0 Å². The lowest BCUT2D eigenvalue weighted by Gasteiger charge is -2.09. The van der Waals surface area contributed by atoms with Crippen LogP contribution in [0.25, 0.3) is 0 Å². The van der Waals surface area contributed by atoms with Crippen LogP contribution in [0.1, 0.15) is 5.56 Å². The van der Waals surface area contributed by atoms with Crippen molar-refractivity contribution >= 4 is 27.8 Å². The molecule has 1 atom stereocenters. The number of alkyl halides is 1. The van der Waals surface area contributed by atoms with Crippen LogP contribution in [-0.4, -0.2) is 37.5 Å². The number of carbonyl (C=O) groups is 2. The van der Waals surface area contributed by atoms with Crippen molar-refractivity contribution in [2.45, 2.75) is 11.2 Å². The van der Waals surface area contributed by atoms with E-state index < -0.39 is 10.8 Å². The van der Waals surface area contributed by atoms with Crippen LogP contribution >= 0.6 is 15.9 Å². The highest BCUT2D eigenvalue weighted by molar-refractivity contribution is 9.10. The van der Waals surface area contributed by atoms with E-state index in [1.165, 1.54) is 7.11 Å². The van der Waals surface area contributed by atoms with Gasteiger partial charge in [-0.05, 0) is 17.7 Å². The molecule has 0 bridgehead atoms. The van der Waals surface area contributed by atoms with Crippen molar-refractivity contribution in [1.82, 2.24) is 5.32 Å². The molecule has 0 heterocycles. The normalized spacial score (nSPS) is 11.5. The van der Waals surface area contributed by atoms with Gasteiger partial charge in [-0.1, -0.05) is 28.1 Å². The number of ether oxygens (including phenoxy) is 2. The Balaban J connectivity index is 2.44. The molecule has 0 aromatic heterocycles. The summed E-state index contributed by atoms with van der Waals surface area (Å²) >= 11 is 3.13. The molecule has 1 N–H and O–H groups in total. The maximum absolute atomic E-state index is 11.7. The van der Waals surface area contributed by atoms with Crippen molar-refractivity contribution < 1.29 is 19.1 Å². The van der Waals surface area contributed by atoms with Gasteiger partial charge in [-0.25, -0.2) is 0 Å². The Morgan fingerprint density at radius 3 is 2.74 bits per heavy atom. The van der Waals surface area contributed by atoms with Crippen LogP contribution in [0.3, 0.4) is 0 Å². The van der Waals surface area contributed by atoms with E-state index >= 15 is 0 Å². The summed E-state index contributed by atoms with van der Waals surface area (Å²) in [6.45, 7) is 0.190. The summed E-state index contributed by atoms with van der Waals surface area (Å²) in [6, 6.07) is 7.27. The van der Waals surface area contributed by atoms with Gasteiger partial charge in [-0.2, -0.15) is 0 Å². The van der Waals surface area contributed by atoms with Crippen LogP contribution in [0.5, 0.6) is 5.75 Å². The van der Waals surface area contributed by atoms with Crippen molar-refractivity contribution in [3.05, 3.63) is 29.8 Å². The van der Waals surface area contributed by atoms with Gasteiger partial charge in [-0.15, -0.1) is 0 Å². The maximum Gasteiger partial charge on any atom is 0.321 e. The molecule has 0 saturated heterocycles. The molecule has 0 aliphatic heterocycles. The fraction of sp³-hybridized carbons (Fsp3) is 0.385. The molecular formula is C13H16BrNO4. The fourth-order valence-corrected chi connectivity index (χ4v) is 1.79. The average Bonchev–Trinajstić information content (AvgIpc) is 2.44. The number of carbonyl (C=O) groups excluding carboxylic acids is 2. The first-order valence-electron chi connectivity index (χ1n) is 5.68. The highest BCUT2D eigenvalue weighted by Gasteiger charge is 2.16. The minimum absolute atomic E-state index is 0.165. The number of hydrogen-bond acceptors (Lipinski definition) is 4. The number of esters is 1. The fourth-order valence-electron chi connectivity index (χ4n) is 1.44. The highest BCUT2D eigenvalue weighted by atomic mass is 79.9. The molecule has 1 amide bonds. The summed E-state index contributed by atoms with van der Waals surface area (Å²) in [6.07, 6.45) is 0.234. The monoisotopic (exact) mass is 329 g/mol. The van der Waals surface area contributed by atoms with Crippen LogP contribution < -0.4 is 10.1 Å². The molecule has 0 aliphatic carbocycles. The smallest absolute Gasteiger partial charge is 0.321 e. The molecule has 1 unspecified atom stereocenters. The molecule has 1 aromatic rings. The number of amides is 1. The average molecular weight is 330 g/mol. The maximum atomic E-state index is 11.7. The van der Waals surface area contributed by atoms with Gasteiger partial charge < -0.3 is 14.8 Å². The molecule has 1 aromatic carbocycles. The van der Waals surface area contributed by atoms with Gasteiger partial charge >= 0.3 is 5.97 Å². The van der Waals surface area contributed by atoms with Gasteiger partial charge in [0.25, 0.3) is 0 Å². The third kappa shape index (κ3) is 5.30. The summed E-state index contributed by atoms with van der Waals surface area (Å²) in [5, 5.41) is 2.66. The Morgan fingerprint density at radius 2 is 2.11 bits per heavy atom. The van der Waals surface area contributed by atoms with Crippen molar-refractivity contribution in [2.24, 2.45) is 0 Å². The second kappa shape index (κ2) is 7.78. The molecular weight excluding hydrogens is 314 g/mol. The summed E-state index contributed by atoms with van der Waals surface area (Å²) < 4.78 is 9.62. The SMILES string of the molecule is COC(=O)C(Br)CNC(=O)Cc1cccc(OC)c1. The lowest BCUT2D eigenvalue weighted by molar-refractivity contribution is -0.139. The second-order valence-corrected chi connectivity index (χ2v) is 4.93. The molecule has 104 valence electrons. The Hall–Kier alpha value is -1.56. The van der Waals surface area contributed by atoms with Crippen LogP contribution in [0, 0.1) is 0 Å². The van der Waals surface area contributed by atoms with Gasteiger partial charge in [0.05, 0.1) is 20.6 Å². The highest BCUT2D eigenvalue weighted by Crippen LogP contribution is 2.12. The van der Waals surface area contributed by atoms with E-state index in [2.05, 4.69) is 26.0 Å². The van der Waals surface area contributed by atoms with Gasteiger partial charge in [0.2, 0.25) is 5.91 Å². The van der Waals surface area contributed by atoms with E-state index in [4.69, 9.17) is 4.74 Å². The first kappa shape index (κ1) is 15.5. The zero-order valence-electron chi connectivity index (χ0n) is 10.8. The molecule has 6 heteroatoms. The van der Waals surface area contributed by atoms with Gasteiger partial charge in [0.15, 0.2) is 0 Å². The standard InChI is InChI=1S/C13H16BrNO4/c1-18-10-5-3-4-9(6-10)7-12(16)15-8-11(14)13(17)19-2/h3-6,11H,7-8H2,1-2H3,(H,15,16). The van der Waals surface area contributed by atoms with Crippen molar-refractivity contribution in [1.29, 1.82) is 0 Å². The number of rotatable bonds is 6. The number of hydrogen-bond donors (Lipinski definition) is 1. The minimum Gasteiger partial charge on any atom is -0.497 e. The predicted molar refractivity (Wildman–Crippen MR) is 74.4 cm³/mol. The molecule has 0 aliphatic rings. The lowest BCUT2D eigenvalue weighted by atomic mass is 10.1. The molecule has 0 saturated carbocycles. The minimum atomic E-state index is -0.535. The summed E-state index contributed by atoms with van der Waals surface area (Å²) in [5.41, 5.74) is 0.848. The third-order valence-corrected chi connectivity index (χ3v) is 3.13. The Morgan fingerprint density at radius 1 is 1.37 bits per heavy atom. The topological polar surface area (TPSA) is 64.6 Å². The summed E-state index contributed by atoms with van der Waals surface area (Å²) in [5.74, 6) is 0.126. The zero-order valence-corrected chi connectivity index (χ0v) is 12.4. The Bertz CT molecular complexity index is 450. The van der Waals surface area contributed by atoms with E-state index in [9.17, 15) is 9.59 Å². The van der Waals surface area contributed by atoms with Crippen molar-refractivity contribution in [3.63, 3.8) is 0 Å². The Labute approximate surface area is 120 Å². The van der Waals surface area contributed by atoms with E-state index in [1.807, 2.05) is 18.2 Å². The first-order chi connectivity index (χ1) is 9.06. The predicted octanol–water partition coefficient (Wildman–Crippen LogP) is 1.29. The lowest BCUT2D eigenvalue weighted by Crippen LogP contribution is -2.34. The van der Waals surface area contributed by atoms with E-state index in [1.54, 1.807) is 13.2 Å². The van der Waals surface area contributed by atoms with Crippen LogP contribution in [-0.2, 0) is 20.7 Å². The van der Waals surface area contributed by atoms with Crippen LogP contribution in [0.4, 0.5) is 0 Å². The Kier molecular flexibility index (Phi) is 6.35. The molecule has 0 radical (unpaired) electrons. The van der Waals surface area contributed by atoms with Gasteiger partial charge in [0, 0.05) is 6.54 Å². The second-order valence-electron chi connectivity index (χ2n) is 3.82. The molecule has 5 nitrogen and oxygen atoms in total. The quantitative estimate of drug-likeness (QED) is 0.631. The molecule has 1 rings (SSSR count). The van der Waals surface area contributed by atoms with E-state index in [0.29, 0.717) is 5.75 Å². The van der Waals surface area contributed by atoms with Gasteiger partial charge in [-0.3, -0.25) is 9.59 Å². The first-order valence-corrected chi connectivity index (χ1v) is 6.60. The van der Waals surface area contributed by atoms with Crippen molar-refractivity contribution in [2.75, 3.05) is 20.8 Å².